The van der Waals surface area contributed by atoms with Gasteiger partial charge in [-0.3, -0.25) is 0 Å². The quantitative estimate of drug-likeness (QED) is 0.892. The number of nitrogens with one attached hydrogen (secondary N) is 1. The molecule has 1 atom stereocenters. The number of nitriles is 1. The van der Waals surface area contributed by atoms with E-state index in [1.165, 1.54) is 12.1 Å². The van der Waals surface area contributed by atoms with E-state index < -0.39 is 11.9 Å². The van der Waals surface area contributed by atoms with Gasteiger partial charge in [-0.2, -0.15) is 5.26 Å². The lowest BCUT2D eigenvalue weighted by Gasteiger charge is -2.13. The topological polar surface area (TPSA) is 56.0 Å². The van der Waals surface area contributed by atoms with Gasteiger partial charge in [0.15, 0.2) is 0 Å². The molecule has 0 fully saturated rings. The van der Waals surface area contributed by atoms with Gasteiger partial charge in [-0.1, -0.05) is 29.8 Å². The van der Waals surface area contributed by atoms with Crippen LogP contribution in [0.2, 0.25) is 5.02 Å². The van der Waals surface area contributed by atoms with E-state index in [9.17, 15) is 9.50 Å². The molecule has 0 aliphatic heterocycles. The number of halogens is 2. The summed E-state index contributed by atoms with van der Waals surface area (Å²) >= 11 is 5.60. The molecule has 0 radical (unpaired) electrons. The third kappa shape index (κ3) is 4.27. The summed E-state index contributed by atoms with van der Waals surface area (Å²) in [6.45, 7) is 0.792. The van der Waals surface area contributed by atoms with Crippen LogP contribution in [0.25, 0.3) is 0 Å². The average molecular weight is 305 g/mol. The lowest BCUT2D eigenvalue weighted by atomic mass is 10.1. The Morgan fingerprint density at radius 3 is 2.81 bits per heavy atom. The highest BCUT2D eigenvalue weighted by molar-refractivity contribution is 6.30. The molecule has 5 heteroatoms. The normalized spacial score (nSPS) is 11.9. The molecule has 2 aromatic rings. The smallest absolute Gasteiger partial charge is 0.142 e. The fraction of sp³-hybridized carbons (Fsp3) is 0.188. The van der Waals surface area contributed by atoms with Crippen LogP contribution < -0.4 is 5.32 Å². The van der Waals surface area contributed by atoms with Crippen molar-refractivity contribution in [1.82, 2.24) is 5.32 Å². The molecule has 0 amide bonds. The number of rotatable bonds is 5. The molecule has 0 heterocycles. The van der Waals surface area contributed by atoms with Crippen molar-refractivity contribution in [2.75, 3.05) is 6.54 Å². The second-order valence-electron chi connectivity index (χ2n) is 4.63. The molecule has 2 rings (SSSR count). The average Bonchev–Trinajstić information content (AvgIpc) is 2.50. The van der Waals surface area contributed by atoms with Gasteiger partial charge in [0.25, 0.3) is 0 Å². The van der Waals surface area contributed by atoms with Crippen molar-refractivity contribution in [2.45, 2.75) is 12.6 Å². The van der Waals surface area contributed by atoms with Gasteiger partial charge in [0.2, 0.25) is 0 Å². The molecule has 21 heavy (non-hydrogen) atoms. The largest absolute Gasteiger partial charge is 0.387 e. The Hall–Kier alpha value is -1.93. The molecular weight excluding hydrogens is 291 g/mol. The Balaban J connectivity index is 1.90. The molecule has 3 nitrogen and oxygen atoms in total. The van der Waals surface area contributed by atoms with Gasteiger partial charge in [0.05, 0.1) is 22.8 Å². The van der Waals surface area contributed by atoms with E-state index in [0.29, 0.717) is 17.7 Å². The van der Waals surface area contributed by atoms with Crippen LogP contribution >= 0.6 is 11.6 Å². The summed E-state index contributed by atoms with van der Waals surface area (Å²) in [7, 11) is 0. The van der Waals surface area contributed by atoms with Gasteiger partial charge in [-0.05, 0) is 35.4 Å². The maximum Gasteiger partial charge on any atom is 0.142 e. The third-order valence-electron chi connectivity index (χ3n) is 3.05. The van der Waals surface area contributed by atoms with Crippen LogP contribution in [0.4, 0.5) is 4.39 Å². The van der Waals surface area contributed by atoms with Gasteiger partial charge in [-0.25, -0.2) is 4.39 Å². The van der Waals surface area contributed by atoms with Crippen molar-refractivity contribution in [3.05, 3.63) is 70.0 Å². The Labute approximate surface area is 127 Å². The van der Waals surface area contributed by atoms with Crippen molar-refractivity contribution < 1.29 is 9.50 Å². The predicted molar refractivity (Wildman–Crippen MR) is 79.2 cm³/mol. The van der Waals surface area contributed by atoms with E-state index in [2.05, 4.69) is 11.4 Å². The van der Waals surface area contributed by atoms with Crippen molar-refractivity contribution in [3.8, 4) is 6.07 Å². The third-order valence-corrected chi connectivity index (χ3v) is 3.36. The Bertz CT molecular complexity index is 670. The highest BCUT2D eigenvalue weighted by atomic mass is 35.5. The molecule has 1 unspecified atom stereocenters. The van der Waals surface area contributed by atoms with E-state index in [0.717, 1.165) is 5.56 Å². The molecule has 0 spiro atoms. The van der Waals surface area contributed by atoms with Crippen molar-refractivity contribution in [1.29, 1.82) is 5.26 Å². The zero-order valence-electron chi connectivity index (χ0n) is 11.2. The van der Waals surface area contributed by atoms with Crippen LogP contribution in [-0.4, -0.2) is 11.7 Å². The summed E-state index contributed by atoms with van der Waals surface area (Å²) < 4.78 is 13.3. The summed E-state index contributed by atoms with van der Waals surface area (Å²) in [5.41, 5.74) is 2.01. The zero-order chi connectivity index (χ0) is 15.2. The summed E-state index contributed by atoms with van der Waals surface area (Å²) in [5.74, 6) is -0.546. The van der Waals surface area contributed by atoms with Crippen molar-refractivity contribution in [2.24, 2.45) is 0 Å². The van der Waals surface area contributed by atoms with E-state index in [4.69, 9.17) is 16.9 Å². The number of hydrogen-bond acceptors (Lipinski definition) is 3. The molecule has 0 aromatic heterocycles. The second kappa shape index (κ2) is 7.19. The van der Waals surface area contributed by atoms with E-state index in [-0.39, 0.29) is 11.6 Å². The monoisotopic (exact) mass is 304 g/mol. The van der Waals surface area contributed by atoms with E-state index >= 15 is 0 Å². The van der Waals surface area contributed by atoms with Crippen LogP contribution in [0.1, 0.15) is 22.8 Å². The Kier molecular flexibility index (Phi) is 5.29. The Morgan fingerprint density at radius 2 is 2.10 bits per heavy atom. The van der Waals surface area contributed by atoms with Crippen LogP contribution in [-0.2, 0) is 6.54 Å². The molecule has 0 aliphatic carbocycles. The van der Waals surface area contributed by atoms with Gasteiger partial charge >= 0.3 is 0 Å². The maximum absolute atomic E-state index is 13.3. The van der Waals surface area contributed by atoms with Crippen LogP contribution in [0.5, 0.6) is 0 Å². The zero-order valence-corrected chi connectivity index (χ0v) is 11.9. The highest BCUT2D eigenvalue weighted by Gasteiger charge is 2.09. The minimum atomic E-state index is -0.823. The molecule has 0 saturated carbocycles. The molecule has 2 aromatic carbocycles. The fourth-order valence-electron chi connectivity index (χ4n) is 1.94. The van der Waals surface area contributed by atoms with E-state index in [1.54, 1.807) is 24.3 Å². The summed E-state index contributed by atoms with van der Waals surface area (Å²) in [5, 5.41) is 21.9. The molecule has 108 valence electrons. The summed E-state index contributed by atoms with van der Waals surface area (Å²) in [6, 6.07) is 13.5. The van der Waals surface area contributed by atoms with Crippen LogP contribution in [0.3, 0.4) is 0 Å². The van der Waals surface area contributed by atoms with Gasteiger partial charge in [0.1, 0.15) is 5.82 Å². The highest BCUT2D eigenvalue weighted by Crippen LogP contribution is 2.20. The van der Waals surface area contributed by atoms with E-state index in [1.807, 2.05) is 6.07 Å². The first-order valence-corrected chi connectivity index (χ1v) is 6.80. The number of hydrogen-bond donors (Lipinski definition) is 2. The predicted octanol–water partition coefficient (Wildman–Crippen LogP) is 3.17. The van der Waals surface area contributed by atoms with Gasteiger partial charge < -0.3 is 10.4 Å². The number of aliphatic hydroxyl groups excluding tert-OH is 1. The summed E-state index contributed by atoms with van der Waals surface area (Å²) in [6.07, 6.45) is -0.823. The Morgan fingerprint density at radius 1 is 1.29 bits per heavy atom. The standard InChI is InChI=1S/C16H14ClFN2O/c17-14-5-4-13(7-15(14)18)16(21)10-20-9-12-3-1-2-11(6-12)8-19/h1-7,16,20-21H,9-10H2. The number of benzene rings is 2. The second-order valence-corrected chi connectivity index (χ2v) is 5.04. The molecule has 0 saturated heterocycles. The first-order valence-electron chi connectivity index (χ1n) is 6.43. The maximum atomic E-state index is 13.3. The first-order chi connectivity index (χ1) is 10.1. The molecular formula is C16H14ClFN2O. The van der Waals surface area contributed by atoms with Crippen LogP contribution in [0, 0.1) is 17.1 Å². The van der Waals surface area contributed by atoms with Crippen molar-refractivity contribution >= 4 is 11.6 Å². The van der Waals surface area contributed by atoms with Crippen LogP contribution in [0.15, 0.2) is 42.5 Å². The lowest BCUT2D eigenvalue weighted by Crippen LogP contribution is -2.21. The first kappa shape index (κ1) is 15.5. The fourth-order valence-corrected chi connectivity index (χ4v) is 2.06. The summed E-state index contributed by atoms with van der Waals surface area (Å²) in [4.78, 5) is 0. The molecule has 2 N–H and O–H groups in total. The minimum absolute atomic E-state index is 0.0345. The van der Waals surface area contributed by atoms with Gasteiger partial charge in [0, 0.05) is 13.1 Å². The molecule has 0 aliphatic rings. The minimum Gasteiger partial charge on any atom is -0.387 e. The molecule has 0 bridgehead atoms. The number of nitrogens with zero attached hydrogens (tertiary/aromatic N) is 1. The lowest BCUT2D eigenvalue weighted by molar-refractivity contribution is 0.174. The van der Waals surface area contributed by atoms with Gasteiger partial charge in [-0.15, -0.1) is 0 Å². The van der Waals surface area contributed by atoms with Crippen molar-refractivity contribution in [3.63, 3.8) is 0 Å². The number of aliphatic hydroxyl groups is 1. The SMILES string of the molecule is N#Cc1cccc(CNCC(O)c2ccc(Cl)c(F)c2)c1.